The van der Waals surface area contributed by atoms with Gasteiger partial charge in [-0.3, -0.25) is 4.79 Å². The molecular weight excluding hydrogens is 344 g/mol. The lowest BCUT2D eigenvalue weighted by Gasteiger charge is -2.27. The number of phenolic OH excluding ortho intramolecular Hbond substituents is 3. The van der Waals surface area contributed by atoms with Gasteiger partial charge in [0.05, 0.1) is 6.42 Å². The van der Waals surface area contributed by atoms with Crippen LogP contribution in [-0.4, -0.2) is 21.1 Å². The largest absolute Gasteiger partial charge is 0.508 e. The number of ether oxygens (including phenoxy) is 1. The lowest BCUT2D eigenvalue weighted by atomic mass is 9.92. The van der Waals surface area contributed by atoms with E-state index >= 15 is 0 Å². The summed E-state index contributed by atoms with van der Waals surface area (Å²) in [5.41, 5.74) is 2.97. The number of rotatable bonds is 4. The van der Waals surface area contributed by atoms with Gasteiger partial charge in [-0.1, -0.05) is 30.7 Å². The van der Waals surface area contributed by atoms with E-state index in [0.717, 1.165) is 17.6 Å². The molecule has 1 atom stereocenters. The molecule has 0 spiro atoms. The fourth-order valence-electron chi connectivity index (χ4n) is 3.13. The number of Topliss-reactive ketones (excluding diaryl/α,β-unsaturated/α-hetero) is 1. The summed E-state index contributed by atoms with van der Waals surface area (Å²) in [5.74, 6) is -0.289. The van der Waals surface area contributed by atoms with Gasteiger partial charge in [0.1, 0.15) is 34.7 Å². The Kier molecular flexibility index (Phi) is 5.13. The van der Waals surface area contributed by atoms with E-state index in [2.05, 4.69) is 0 Å². The van der Waals surface area contributed by atoms with Gasteiger partial charge in [-0.15, -0.1) is 0 Å². The SMILES string of the molecule is CC/C(C)=C/Cc1c(O)cc2c(c1O)C(=O)C[C@@H](c1ccc(C)c(O)c1)O2. The number of fused-ring (bicyclic) bond motifs is 1. The smallest absolute Gasteiger partial charge is 0.174 e. The number of ketones is 1. The van der Waals surface area contributed by atoms with Gasteiger partial charge in [0.15, 0.2) is 5.78 Å². The van der Waals surface area contributed by atoms with E-state index in [1.165, 1.54) is 6.07 Å². The number of carbonyl (C=O) groups is 1. The Hall–Kier alpha value is -2.95. The molecule has 0 saturated carbocycles. The number of carbonyl (C=O) groups excluding carboxylic acids is 1. The summed E-state index contributed by atoms with van der Waals surface area (Å²) in [6, 6.07) is 6.52. The van der Waals surface area contributed by atoms with E-state index in [1.54, 1.807) is 25.1 Å². The van der Waals surface area contributed by atoms with E-state index in [1.807, 2.05) is 19.9 Å². The second kappa shape index (κ2) is 7.35. The minimum Gasteiger partial charge on any atom is -0.508 e. The van der Waals surface area contributed by atoms with Gasteiger partial charge < -0.3 is 20.1 Å². The first kappa shape index (κ1) is 18.8. The Morgan fingerprint density at radius 1 is 1.22 bits per heavy atom. The van der Waals surface area contributed by atoms with Crippen molar-refractivity contribution >= 4 is 5.78 Å². The standard InChI is InChI=1S/C22H24O5/c1-4-12(2)5-8-15-17(24)10-20-21(22(15)26)18(25)11-19(27-20)14-7-6-13(3)16(23)9-14/h5-7,9-10,19,23-24,26H,4,8,11H2,1-3H3/b12-5+/t19-/m0/s1. The summed E-state index contributed by atoms with van der Waals surface area (Å²) in [4.78, 5) is 12.7. The number of hydrogen-bond acceptors (Lipinski definition) is 5. The van der Waals surface area contributed by atoms with Gasteiger partial charge in [0.25, 0.3) is 0 Å². The number of benzene rings is 2. The van der Waals surface area contributed by atoms with Gasteiger partial charge >= 0.3 is 0 Å². The monoisotopic (exact) mass is 368 g/mol. The third-order valence-electron chi connectivity index (χ3n) is 5.08. The van der Waals surface area contributed by atoms with Gasteiger partial charge in [0.2, 0.25) is 0 Å². The molecule has 0 bridgehead atoms. The van der Waals surface area contributed by atoms with Gasteiger partial charge in [-0.05, 0) is 43.9 Å². The van der Waals surface area contributed by atoms with E-state index in [0.29, 0.717) is 17.5 Å². The minimum atomic E-state index is -0.580. The van der Waals surface area contributed by atoms with Gasteiger partial charge in [0, 0.05) is 11.6 Å². The second-order valence-electron chi connectivity index (χ2n) is 6.98. The number of allylic oxidation sites excluding steroid dienone is 2. The highest BCUT2D eigenvalue weighted by Crippen LogP contribution is 2.45. The third-order valence-corrected chi connectivity index (χ3v) is 5.08. The summed E-state index contributed by atoms with van der Waals surface area (Å²) in [5, 5.41) is 30.8. The van der Waals surface area contributed by atoms with Crippen LogP contribution in [0, 0.1) is 6.92 Å². The zero-order valence-electron chi connectivity index (χ0n) is 15.7. The maximum Gasteiger partial charge on any atom is 0.174 e. The van der Waals surface area contributed by atoms with Crippen LogP contribution in [0.1, 0.15) is 59.8 Å². The van der Waals surface area contributed by atoms with Crippen molar-refractivity contribution in [3.63, 3.8) is 0 Å². The molecule has 27 heavy (non-hydrogen) atoms. The average Bonchev–Trinajstić information content (AvgIpc) is 2.62. The summed E-state index contributed by atoms with van der Waals surface area (Å²) in [7, 11) is 0. The zero-order valence-corrected chi connectivity index (χ0v) is 15.7. The predicted molar refractivity (Wildman–Crippen MR) is 103 cm³/mol. The van der Waals surface area contributed by atoms with Crippen molar-refractivity contribution in [2.75, 3.05) is 0 Å². The van der Waals surface area contributed by atoms with Crippen LogP contribution in [0.15, 0.2) is 35.9 Å². The van der Waals surface area contributed by atoms with E-state index < -0.39 is 6.10 Å². The topological polar surface area (TPSA) is 87.0 Å². The molecule has 5 heteroatoms. The van der Waals surface area contributed by atoms with Crippen molar-refractivity contribution in [2.24, 2.45) is 0 Å². The van der Waals surface area contributed by atoms with Crippen LogP contribution >= 0.6 is 0 Å². The molecule has 1 aliphatic heterocycles. The molecule has 2 aromatic rings. The number of aromatic hydroxyl groups is 3. The molecule has 1 aliphatic rings. The molecule has 0 unspecified atom stereocenters. The molecule has 0 amide bonds. The summed E-state index contributed by atoms with van der Waals surface area (Å²) in [6.07, 6.45) is 2.61. The first-order valence-corrected chi connectivity index (χ1v) is 9.04. The van der Waals surface area contributed by atoms with Crippen LogP contribution < -0.4 is 4.74 Å². The lowest BCUT2D eigenvalue weighted by molar-refractivity contribution is 0.0844. The molecule has 0 radical (unpaired) electrons. The predicted octanol–water partition coefficient (Wildman–Crippen LogP) is 4.72. The highest BCUT2D eigenvalue weighted by atomic mass is 16.5. The molecule has 0 aliphatic carbocycles. The van der Waals surface area contributed by atoms with Crippen LogP contribution in [0.25, 0.3) is 0 Å². The van der Waals surface area contributed by atoms with Crippen LogP contribution in [0.3, 0.4) is 0 Å². The van der Waals surface area contributed by atoms with Crippen molar-refractivity contribution in [3.8, 4) is 23.0 Å². The molecule has 0 saturated heterocycles. The number of phenols is 3. The summed E-state index contributed by atoms with van der Waals surface area (Å²) < 4.78 is 5.88. The maximum absolute atomic E-state index is 12.7. The molecule has 0 aromatic heterocycles. The van der Waals surface area contributed by atoms with E-state index in [-0.39, 0.29) is 40.8 Å². The Labute approximate surface area is 158 Å². The molecule has 142 valence electrons. The second-order valence-corrected chi connectivity index (χ2v) is 6.98. The van der Waals surface area contributed by atoms with Crippen molar-refractivity contribution in [3.05, 3.63) is 58.2 Å². The molecule has 5 nitrogen and oxygen atoms in total. The Morgan fingerprint density at radius 3 is 2.63 bits per heavy atom. The highest BCUT2D eigenvalue weighted by Gasteiger charge is 2.32. The normalized spacial score (nSPS) is 16.8. The maximum atomic E-state index is 12.7. The van der Waals surface area contributed by atoms with Gasteiger partial charge in [-0.25, -0.2) is 0 Å². The third kappa shape index (κ3) is 3.63. The van der Waals surface area contributed by atoms with Gasteiger partial charge in [-0.2, -0.15) is 0 Å². The van der Waals surface area contributed by atoms with Crippen LogP contribution in [0.5, 0.6) is 23.0 Å². The van der Waals surface area contributed by atoms with Crippen LogP contribution in [0.2, 0.25) is 0 Å². The average molecular weight is 368 g/mol. The minimum absolute atomic E-state index is 0.0527. The number of aryl methyl sites for hydroxylation is 1. The van der Waals surface area contributed by atoms with Crippen molar-refractivity contribution in [2.45, 2.75) is 46.1 Å². The molecule has 3 rings (SSSR count). The lowest BCUT2D eigenvalue weighted by Crippen LogP contribution is -2.21. The molecule has 0 fully saturated rings. The fraction of sp³-hybridized carbons (Fsp3) is 0.318. The van der Waals surface area contributed by atoms with Crippen LogP contribution in [0.4, 0.5) is 0 Å². The van der Waals surface area contributed by atoms with E-state index in [9.17, 15) is 20.1 Å². The first-order chi connectivity index (χ1) is 12.8. The van der Waals surface area contributed by atoms with E-state index in [4.69, 9.17) is 4.74 Å². The Balaban J connectivity index is 1.97. The zero-order chi connectivity index (χ0) is 19.7. The molecule has 1 heterocycles. The Bertz CT molecular complexity index is 927. The van der Waals surface area contributed by atoms with Crippen LogP contribution in [-0.2, 0) is 6.42 Å². The van der Waals surface area contributed by atoms with Crippen molar-refractivity contribution in [1.82, 2.24) is 0 Å². The first-order valence-electron chi connectivity index (χ1n) is 9.04. The molecule has 2 aromatic carbocycles. The summed E-state index contributed by atoms with van der Waals surface area (Å²) >= 11 is 0. The molecule has 3 N–H and O–H groups in total. The quantitative estimate of drug-likeness (QED) is 0.680. The van der Waals surface area contributed by atoms with Crippen molar-refractivity contribution in [1.29, 1.82) is 0 Å². The Morgan fingerprint density at radius 2 is 1.96 bits per heavy atom. The van der Waals surface area contributed by atoms with Crippen molar-refractivity contribution < 1.29 is 24.9 Å². The summed E-state index contributed by atoms with van der Waals surface area (Å²) in [6.45, 7) is 5.79. The number of hydrogen-bond donors (Lipinski definition) is 3. The highest BCUT2D eigenvalue weighted by molar-refractivity contribution is 6.03. The molecular formula is C22H24O5. The fourth-order valence-corrected chi connectivity index (χ4v) is 3.13.